The topological polar surface area (TPSA) is 63.6 Å². The fourth-order valence-corrected chi connectivity index (χ4v) is 2.36. The Labute approximate surface area is 123 Å². The smallest absolute Gasteiger partial charge is 0.195 e. The highest BCUT2D eigenvalue weighted by atomic mass is 32.2. The Morgan fingerprint density at radius 2 is 1.60 bits per heavy atom. The van der Waals surface area contributed by atoms with Gasteiger partial charge in [-0.3, -0.25) is 0 Å². The monoisotopic (exact) mass is 289 g/mol. The molecular weight excluding hydrogens is 270 g/mol. The molecule has 0 aromatic carbocycles. The van der Waals surface area contributed by atoms with E-state index in [-0.39, 0.29) is 0 Å². The third kappa shape index (κ3) is 3.74. The van der Waals surface area contributed by atoms with Crippen LogP contribution in [0.3, 0.4) is 0 Å². The molecule has 0 unspecified atom stereocenters. The summed E-state index contributed by atoms with van der Waals surface area (Å²) >= 11 is 1.39. The normalized spacial score (nSPS) is 10.8. The molecule has 0 saturated heterocycles. The molecule has 2 aromatic rings. The van der Waals surface area contributed by atoms with E-state index in [2.05, 4.69) is 32.2 Å². The van der Waals surface area contributed by atoms with E-state index < -0.39 is 0 Å². The molecular formula is C14H19N5S. The van der Waals surface area contributed by atoms with Gasteiger partial charge in [0.05, 0.1) is 0 Å². The van der Waals surface area contributed by atoms with Crippen molar-refractivity contribution in [3.05, 3.63) is 34.9 Å². The van der Waals surface area contributed by atoms with E-state index in [1.54, 1.807) is 0 Å². The van der Waals surface area contributed by atoms with Crippen molar-refractivity contribution in [1.82, 2.24) is 25.3 Å². The molecule has 0 spiro atoms. The molecule has 0 bridgehead atoms. The van der Waals surface area contributed by atoms with E-state index in [0.29, 0.717) is 10.3 Å². The molecule has 0 aliphatic heterocycles. The van der Waals surface area contributed by atoms with E-state index in [1.165, 1.54) is 11.8 Å². The molecule has 2 aromatic heterocycles. The Morgan fingerprint density at radius 3 is 2.15 bits per heavy atom. The summed E-state index contributed by atoms with van der Waals surface area (Å²) in [6.45, 7) is 9.82. The van der Waals surface area contributed by atoms with Gasteiger partial charge in [0, 0.05) is 35.9 Å². The Hall–Kier alpha value is -1.53. The van der Waals surface area contributed by atoms with Gasteiger partial charge in [-0.05, 0) is 44.6 Å². The summed E-state index contributed by atoms with van der Waals surface area (Å²) in [5.74, 6) is 0. The number of aromatic nitrogens is 4. The number of aryl methyl sites for hydroxylation is 2. The Kier molecular flexibility index (Phi) is 5.03. The zero-order chi connectivity index (χ0) is 14.5. The first-order chi connectivity index (χ1) is 9.60. The minimum absolute atomic E-state index is 0.674. The van der Waals surface area contributed by atoms with Crippen molar-refractivity contribution in [3.8, 4) is 0 Å². The average Bonchev–Trinajstić information content (AvgIpc) is 2.44. The first kappa shape index (κ1) is 14.9. The van der Waals surface area contributed by atoms with Crippen LogP contribution < -0.4 is 5.32 Å². The van der Waals surface area contributed by atoms with Crippen molar-refractivity contribution < 1.29 is 0 Å². The second-order valence-electron chi connectivity index (χ2n) is 4.56. The summed E-state index contributed by atoms with van der Waals surface area (Å²) in [5.41, 5.74) is 4.22. The summed E-state index contributed by atoms with van der Waals surface area (Å²) < 4.78 is 0. The Bertz CT molecular complexity index is 560. The van der Waals surface area contributed by atoms with E-state index >= 15 is 0 Å². The molecule has 20 heavy (non-hydrogen) atoms. The van der Waals surface area contributed by atoms with Crippen molar-refractivity contribution in [3.63, 3.8) is 0 Å². The average molecular weight is 289 g/mol. The van der Waals surface area contributed by atoms with Gasteiger partial charge in [-0.15, -0.1) is 0 Å². The number of hydrogen-bond acceptors (Lipinski definition) is 6. The summed E-state index contributed by atoms with van der Waals surface area (Å²) in [6, 6.07) is 0. The number of nitrogens with one attached hydrogen (secondary N) is 1. The molecule has 2 heterocycles. The fraction of sp³-hybridized carbons (Fsp3) is 0.429. The standard InChI is InChI=1S/C14H19N5S/c1-5-15-6-12-7-16-13(17-8-12)20-14-18-10(3)9(2)11(4)19-14/h7-8,15H,5-6H2,1-4H3. The van der Waals surface area contributed by atoms with E-state index in [9.17, 15) is 0 Å². The second-order valence-corrected chi connectivity index (χ2v) is 5.49. The Balaban J connectivity index is 2.10. The van der Waals surface area contributed by atoms with Gasteiger partial charge in [-0.25, -0.2) is 19.9 Å². The van der Waals surface area contributed by atoms with E-state index in [4.69, 9.17) is 0 Å². The van der Waals surface area contributed by atoms with Gasteiger partial charge in [0.2, 0.25) is 0 Å². The fourth-order valence-electron chi connectivity index (χ4n) is 1.62. The third-order valence-corrected chi connectivity index (χ3v) is 3.81. The molecule has 0 amide bonds. The number of rotatable bonds is 5. The van der Waals surface area contributed by atoms with Crippen molar-refractivity contribution in [1.29, 1.82) is 0 Å². The lowest BCUT2D eigenvalue weighted by molar-refractivity contribution is 0.716. The lowest BCUT2D eigenvalue weighted by Crippen LogP contribution is -2.12. The summed E-state index contributed by atoms with van der Waals surface area (Å²) in [6.07, 6.45) is 3.68. The van der Waals surface area contributed by atoms with Crippen LogP contribution in [0.25, 0.3) is 0 Å². The minimum Gasteiger partial charge on any atom is -0.313 e. The van der Waals surface area contributed by atoms with Gasteiger partial charge >= 0.3 is 0 Å². The van der Waals surface area contributed by atoms with Crippen LogP contribution in [0.1, 0.15) is 29.4 Å². The molecule has 106 valence electrons. The maximum atomic E-state index is 4.46. The maximum Gasteiger partial charge on any atom is 0.195 e. The van der Waals surface area contributed by atoms with Crippen molar-refractivity contribution in [2.75, 3.05) is 6.54 Å². The largest absolute Gasteiger partial charge is 0.313 e. The number of nitrogens with zero attached hydrogens (tertiary/aromatic N) is 4. The quantitative estimate of drug-likeness (QED) is 0.853. The summed E-state index contributed by atoms with van der Waals surface area (Å²) in [5, 5.41) is 4.62. The van der Waals surface area contributed by atoms with Gasteiger partial charge in [0.25, 0.3) is 0 Å². The molecule has 1 N–H and O–H groups in total. The maximum absolute atomic E-state index is 4.46. The van der Waals surface area contributed by atoms with Crippen LogP contribution >= 0.6 is 11.8 Å². The summed E-state index contributed by atoms with van der Waals surface area (Å²) in [4.78, 5) is 17.6. The van der Waals surface area contributed by atoms with Crippen LogP contribution in [0.15, 0.2) is 22.7 Å². The zero-order valence-electron chi connectivity index (χ0n) is 12.3. The zero-order valence-corrected chi connectivity index (χ0v) is 13.1. The van der Waals surface area contributed by atoms with Crippen molar-refractivity contribution >= 4 is 11.8 Å². The van der Waals surface area contributed by atoms with Gasteiger partial charge in [0.15, 0.2) is 10.3 Å². The van der Waals surface area contributed by atoms with Gasteiger partial charge in [-0.1, -0.05) is 6.92 Å². The predicted octanol–water partition coefficient (Wildman–Crippen LogP) is 2.45. The number of hydrogen-bond donors (Lipinski definition) is 1. The first-order valence-corrected chi connectivity index (χ1v) is 7.43. The molecule has 0 aliphatic carbocycles. The molecule has 5 nitrogen and oxygen atoms in total. The molecule has 0 atom stereocenters. The lowest BCUT2D eigenvalue weighted by Gasteiger charge is -2.06. The van der Waals surface area contributed by atoms with Crippen LogP contribution in [0.5, 0.6) is 0 Å². The van der Waals surface area contributed by atoms with Gasteiger partial charge in [0.1, 0.15) is 0 Å². The SMILES string of the molecule is CCNCc1cnc(Sc2nc(C)c(C)c(C)n2)nc1. The van der Waals surface area contributed by atoms with E-state index in [0.717, 1.165) is 35.6 Å². The molecule has 0 saturated carbocycles. The van der Waals surface area contributed by atoms with Gasteiger partial charge in [-0.2, -0.15) is 0 Å². The van der Waals surface area contributed by atoms with Crippen molar-refractivity contribution in [2.45, 2.75) is 44.6 Å². The molecule has 0 aliphatic rings. The second kappa shape index (κ2) is 6.76. The predicted molar refractivity (Wildman–Crippen MR) is 79.8 cm³/mol. The van der Waals surface area contributed by atoms with Crippen LogP contribution in [-0.2, 0) is 6.54 Å². The highest BCUT2D eigenvalue weighted by Gasteiger charge is 2.08. The first-order valence-electron chi connectivity index (χ1n) is 6.61. The van der Waals surface area contributed by atoms with E-state index in [1.807, 2.05) is 33.2 Å². The third-order valence-electron chi connectivity index (χ3n) is 3.06. The molecule has 6 heteroatoms. The van der Waals surface area contributed by atoms with Crippen molar-refractivity contribution in [2.24, 2.45) is 0 Å². The van der Waals surface area contributed by atoms with Crippen LogP contribution in [0.2, 0.25) is 0 Å². The van der Waals surface area contributed by atoms with Gasteiger partial charge < -0.3 is 5.32 Å². The lowest BCUT2D eigenvalue weighted by atomic mass is 10.2. The minimum atomic E-state index is 0.674. The summed E-state index contributed by atoms with van der Waals surface area (Å²) in [7, 11) is 0. The van der Waals surface area contributed by atoms with Crippen LogP contribution in [0, 0.1) is 20.8 Å². The van der Waals surface area contributed by atoms with Crippen LogP contribution in [0.4, 0.5) is 0 Å². The Morgan fingerprint density at radius 1 is 1.00 bits per heavy atom. The molecule has 0 radical (unpaired) electrons. The molecule has 2 rings (SSSR count). The van der Waals surface area contributed by atoms with Crippen LogP contribution in [-0.4, -0.2) is 26.5 Å². The molecule has 0 fully saturated rings. The highest BCUT2D eigenvalue weighted by molar-refractivity contribution is 7.99. The highest BCUT2D eigenvalue weighted by Crippen LogP contribution is 2.22.